The number of anilines is 2. The second kappa shape index (κ2) is 5.40. The van der Waals surface area contributed by atoms with Crippen LogP contribution in [-0.2, 0) is 19.6 Å². The van der Waals surface area contributed by atoms with Crippen molar-refractivity contribution in [1.82, 2.24) is 14.8 Å². The maximum absolute atomic E-state index is 12.5. The molecule has 0 aliphatic rings. The van der Waals surface area contributed by atoms with E-state index in [2.05, 4.69) is 15.4 Å². The molecule has 2 heterocycles. The molecular formula is C12H14F3N5. The van der Waals surface area contributed by atoms with Gasteiger partial charge in [-0.25, -0.2) is 4.98 Å². The van der Waals surface area contributed by atoms with Gasteiger partial charge in [0.25, 0.3) is 0 Å². The monoisotopic (exact) mass is 285 g/mol. The van der Waals surface area contributed by atoms with E-state index in [1.54, 1.807) is 17.9 Å². The van der Waals surface area contributed by atoms with Crippen LogP contribution in [0.1, 0.15) is 11.4 Å². The molecule has 0 saturated heterocycles. The van der Waals surface area contributed by atoms with Crippen molar-refractivity contribution in [2.45, 2.75) is 12.6 Å². The van der Waals surface area contributed by atoms with Gasteiger partial charge in [-0.2, -0.15) is 18.3 Å². The van der Waals surface area contributed by atoms with Gasteiger partial charge in [-0.3, -0.25) is 4.68 Å². The van der Waals surface area contributed by atoms with E-state index in [9.17, 15) is 13.2 Å². The zero-order chi connectivity index (χ0) is 14.8. The van der Waals surface area contributed by atoms with Gasteiger partial charge in [-0.05, 0) is 12.1 Å². The summed E-state index contributed by atoms with van der Waals surface area (Å²) in [5.74, 6) is 0. The molecule has 0 radical (unpaired) electrons. The lowest BCUT2D eigenvalue weighted by Gasteiger charge is -2.11. The number of alkyl halides is 3. The molecule has 0 aromatic carbocycles. The third-order valence-electron chi connectivity index (χ3n) is 2.69. The minimum atomic E-state index is -4.48. The second-order valence-corrected chi connectivity index (χ2v) is 4.31. The highest BCUT2D eigenvalue weighted by atomic mass is 19.4. The first-order chi connectivity index (χ1) is 9.36. The molecule has 0 amide bonds. The number of rotatable bonds is 4. The highest BCUT2D eigenvalue weighted by molar-refractivity contribution is 5.65. The number of nitrogens with zero attached hydrogens (tertiary/aromatic N) is 3. The van der Waals surface area contributed by atoms with Gasteiger partial charge in [-0.15, -0.1) is 0 Å². The van der Waals surface area contributed by atoms with Crippen LogP contribution in [0.2, 0.25) is 0 Å². The van der Waals surface area contributed by atoms with Crippen molar-refractivity contribution in [3.05, 3.63) is 35.9 Å². The van der Waals surface area contributed by atoms with Crippen LogP contribution in [0.4, 0.5) is 24.5 Å². The number of nitrogen functional groups attached to an aromatic ring is 1. The SMILES string of the molecule is Cn1ccc(CCNc2cc(C(F)(F)F)ncc2N)n1. The van der Waals surface area contributed by atoms with Gasteiger partial charge in [0.05, 0.1) is 23.3 Å². The number of halogens is 3. The topological polar surface area (TPSA) is 68.8 Å². The molecule has 0 fully saturated rings. The molecule has 0 bridgehead atoms. The van der Waals surface area contributed by atoms with Crippen LogP contribution in [0.5, 0.6) is 0 Å². The Bertz CT molecular complexity index is 591. The number of hydrogen-bond acceptors (Lipinski definition) is 4. The quantitative estimate of drug-likeness (QED) is 0.902. The first-order valence-electron chi connectivity index (χ1n) is 5.91. The first kappa shape index (κ1) is 14.2. The molecule has 2 rings (SSSR count). The number of aromatic nitrogens is 3. The first-order valence-corrected chi connectivity index (χ1v) is 5.91. The van der Waals surface area contributed by atoms with Crippen LogP contribution in [0.15, 0.2) is 24.5 Å². The third kappa shape index (κ3) is 3.40. The van der Waals surface area contributed by atoms with Crippen molar-refractivity contribution in [1.29, 1.82) is 0 Å². The van der Waals surface area contributed by atoms with Gasteiger partial charge in [0.2, 0.25) is 0 Å². The Hall–Kier alpha value is -2.25. The molecule has 0 spiro atoms. The van der Waals surface area contributed by atoms with Crippen LogP contribution in [0.25, 0.3) is 0 Å². The van der Waals surface area contributed by atoms with E-state index in [0.29, 0.717) is 13.0 Å². The van der Waals surface area contributed by atoms with Crippen LogP contribution in [0.3, 0.4) is 0 Å². The predicted molar refractivity (Wildman–Crippen MR) is 69.1 cm³/mol. The Kier molecular flexibility index (Phi) is 3.82. The van der Waals surface area contributed by atoms with E-state index in [0.717, 1.165) is 18.0 Å². The van der Waals surface area contributed by atoms with Crippen molar-refractivity contribution < 1.29 is 13.2 Å². The molecule has 3 N–H and O–H groups in total. The van der Waals surface area contributed by atoms with Crippen LogP contribution in [-0.4, -0.2) is 21.3 Å². The smallest absolute Gasteiger partial charge is 0.396 e. The lowest BCUT2D eigenvalue weighted by molar-refractivity contribution is -0.141. The van der Waals surface area contributed by atoms with E-state index in [1.807, 2.05) is 6.07 Å². The Balaban J connectivity index is 2.02. The van der Waals surface area contributed by atoms with Crippen molar-refractivity contribution in [3.8, 4) is 0 Å². The van der Waals surface area contributed by atoms with Crippen LogP contribution >= 0.6 is 0 Å². The number of nitrogens with two attached hydrogens (primary N) is 1. The second-order valence-electron chi connectivity index (χ2n) is 4.31. The van der Waals surface area contributed by atoms with E-state index in [4.69, 9.17) is 5.73 Å². The summed E-state index contributed by atoms with van der Waals surface area (Å²) in [6, 6.07) is 2.76. The summed E-state index contributed by atoms with van der Waals surface area (Å²) in [7, 11) is 1.80. The van der Waals surface area contributed by atoms with Crippen LogP contribution < -0.4 is 11.1 Å². The van der Waals surface area contributed by atoms with Crippen molar-refractivity contribution in [2.24, 2.45) is 7.05 Å². The number of pyridine rings is 1. The third-order valence-corrected chi connectivity index (χ3v) is 2.69. The van der Waals surface area contributed by atoms with Gasteiger partial charge in [0, 0.05) is 26.2 Å². The molecule has 0 atom stereocenters. The zero-order valence-corrected chi connectivity index (χ0v) is 10.8. The molecule has 2 aromatic heterocycles. The van der Waals surface area contributed by atoms with E-state index >= 15 is 0 Å². The standard InChI is InChI=1S/C12H14F3N5/c1-20-5-3-8(19-20)2-4-17-10-6-11(12(13,14)15)18-7-9(10)16/h3,5-7H,2,4,16H2,1H3,(H,17,18). The van der Waals surface area contributed by atoms with E-state index in [-0.39, 0.29) is 11.4 Å². The highest BCUT2D eigenvalue weighted by Gasteiger charge is 2.32. The fourth-order valence-electron chi connectivity index (χ4n) is 1.70. The summed E-state index contributed by atoms with van der Waals surface area (Å²) in [6.07, 6.45) is -1.08. The lowest BCUT2D eigenvalue weighted by Crippen LogP contribution is -2.12. The molecule has 8 heteroatoms. The van der Waals surface area contributed by atoms with Crippen LogP contribution in [0, 0.1) is 0 Å². The summed E-state index contributed by atoms with van der Waals surface area (Å²) >= 11 is 0. The Morgan fingerprint density at radius 2 is 2.15 bits per heavy atom. The fourth-order valence-corrected chi connectivity index (χ4v) is 1.70. The Labute approximate surface area is 113 Å². The van der Waals surface area contributed by atoms with Gasteiger partial charge in [-0.1, -0.05) is 0 Å². The number of aryl methyl sites for hydroxylation is 1. The molecule has 108 valence electrons. The fraction of sp³-hybridized carbons (Fsp3) is 0.333. The predicted octanol–water partition coefficient (Wildman–Crippen LogP) is 2.07. The molecule has 0 unspecified atom stereocenters. The molecule has 0 saturated carbocycles. The van der Waals surface area contributed by atoms with Crippen molar-refractivity contribution in [2.75, 3.05) is 17.6 Å². The molecule has 2 aromatic rings. The molecular weight excluding hydrogens is 271 g/mol. The maximum atomic E-state index is 12.5. The summed E-state index contributed by atoms with van der Waals surface area (Å²) in [6.45, 7) is 0.433. The van der Waals surface area contributed by atoms with Crippen molar-refractivity contribution in [3.63, 3.8) is 0 Å². The largest absolute Gasteiger partial charge is 0.433 e. The van der Waals surface area contributed by atoms with E-state index in [1.165, 1.54) is 0 Å². The van der Waals surface area contributed by atoms with Gasteiger partial charge < -0.3 is 11.1 Å². The lowest BCUT2D eigenvalue weighted by atomic mass is 10.2. The maximum Gasteiger partial charge on any atom is 0.433 e. The molecule has 0 aliphatic heterocycles. The van der Waals surface area contributed by atoms with Gasteiger partial charge in [0.15, 0.2) is 0 Å². The molecule has 20 heavy (non-hydrogen) atoms. The Morgan fingerprint density at radius 3 is 2.75 bits per heavy atom. The highest BCUT2D eigenvalue weighted by Crippen LogP contribution is 2.30. The van der Waals surface area contributed by atoms with E-state index < -0.39 is 11.9 Å². The average Bonchev–Trinajstić information content (AvgIpc) is 2.76. The number of nitrogens with one attached hydrogen (secondary N) is 1. The molecule has 0 aliphatic carbocycles. The van der Waals surface area contributed by atoms with Gasteiger partial charge >= 0.3 is 6.18 Å². The summed E-state index contributed by atoms with van der Waals surface area (Å²) < 4.78 is 39.3. The minimum absolute atomic E-state index is 0.180. The summed E-state index contributed by atoms with van der Waals surface area (Å²) in [5, 5.41) is 7.04. The minimum Gasteiger partial charge on any atom is -0.396 e. The summed E-state index contributed by atoms with van der Waals surface area (Å²) in [5.41, 5.74) is 5.89. The van der Waals surface area contributed by atoms with Crippen molar-refractivity contribution >= 4 is 11.4 Å². The van der Waals surface area contributed by atoms with Gasteiger partial charge in [0.1, 0.15) is 5.69 Å². The zero-order valence-electron chi connectivity index (χ0n) is 10.8. The molecule has 5 nitrogen and oxygen atoms in total. The Morgan fingerprint density at radius 1 is 1.40 bits per heavy atom. The average molecular weight is 285 g/mol. The normalized spacial score (nSPS) is 11.6. The summed E-state index contributed by atoms with van der Waals surface area (Å²) in [4.78, 5) is 3.27. The number of hydrogen-bond donors (Lipinski definition) is 2.